The molecule has 1 fully saturated rings. The van der Waals surface area contributed by atoms with E-state index in [1.807, 2.05) is 49.6 Å². The van der Waals surface area contributed by atoms with Crippen LogP contribution in [-0.2, 0) is 6.42 Å². The number of aromatic nitrogens is 5. The van der Waals surface area contributed by atoms with Gasteiger partial charge in [-0.2, -0.15) is 10.2 Å². The van der Waals surface area contributed by atoms with Crippen LogP contribution in [0.4, 0.5) is 5.82 Å². The van der Waals surface area contributed by atoms with Gasteiger partial charge in [0, 0.05) is 61.3 Å². The Hall–Kier alpha value is -3.78. The molecule has 1 saturated heterocycles. The molecule has 3 aromatic heterocycles. The summed E-state index contributed by atoms with van der Waals surface area (Å²) in [5.41, 5.74) is 4.00. The van der Waals surface area contributed by atoms with Crippen molar-refractivity contribution >= 4 is 22.5 Å². The number of hydrogen-bond acceptors (Lipinski definition) is 8. The largest absolute Gasteiger partial charge is 0.354 e. The summed E-state index contributed by atoms with van der Waals surface area (Å²) in [6.07, 6.45) is 5.52. The number of ketones is 1. The molecule has 8 nitrogen and oxygen atoms in total. The van der Waals surface area contributed by atoms with Crippen LogP contribution in [0.5, 0.6) is 0 Å². The Balaban J connectivity index is 1.36. The fraction of sp³-hybridized carbons (Fsp3) is 0.280. The first-order valence-corrected chi connectivity index (χ1v) is 11.0. The van der Waals surface area contributed by atoms with Crippen LogP contribution in [0.25, 0.3) is 22.0 Å². The van der Waals surface area contributed by atoms with Gasteiger partial charge in [-0.3, -0.25) is 4.79 Å². The highest BCUT2D eigenvalue weighted by atomic mass is 16.1. The molecule has 0 unspecified atom stereocenters. The normalized spacial score (nSPS) is 14.5. The summed E-state index contributed by atoms with van der Waals surface area (Å²) in [6, 6.07) is 11.5. The molecule has 0 atom stereocenters. The summed E-state index contributed by atoms with van der Waals surface area (Å²) in [5, 5.41) is 9.53. The van der Waals surface area contributed by atoms with Crippen molar-refractivity contribution in [2.24, 2.45) is 0 Å². The number of rotatable bonds is 5. The van der Waals surface area contributed by atoms with Crippen molar-refractivity contribution < 1.29 is 4.79 Å². The van der Waals surface area contributed by atoms with E-state index in [1.165, 1.54) is 0 Å². The number of nitrogens with zero attached hydrogens (tertiary/aromatic N) is 7. The fourth-order valence-electron chi connectivity index (χ4n) is 3.96. The van der Waals surface area contributed by atoms with Gasteiger partial charge in [-0.05, 0) is 49.9 Å². The number of likely N-dealkylation sites (N-methyl/N-ethyl adjacent to an activating group) is 1. The van der Waals surface area contributed by atoms with Gasteiger partial charge in [0.15, 0.2) is 5.78 Å². The molecular weight excluding hydrogens is 414 g/mol. The quantitative estimate of drug-likeness (QED) is 0.439. The summed E-state index contributed by atoms with van der Waals surface area (Å²) in [4.78, 5) is 30.6. The Kier molecular flexibility index (Phi) is 5.75. The lowest BCUT2D eigenvalue weighted by molar-refractivity contribution is 0.0991. The van der Waals surface area contributed by atoms with Crippen LogP contribution in [0.2, 0.25) is 0 Å². The predicted octanol–water partition coefficient (Wildman–Crippen LogP) is 2.97. The maximum absolute atomic E-state index is 13.0. The van der Waals surface area contributed by atoms with E-state index in [2.05, 4.69) is 42.0 Å². The lowest BCUT2D eigenvalue weighted by atomic mass is 10.0. The van der Waals surface area contributed by atoms with Crippen molar-refractivity contribution in [3.05, 3.63) is 72.1 Å². The van der Waals surface area contributed by atoms with E-state index in [0.717, 1.165) is 59.9 Å². The molecule has 0 bridgehead atoms. The highest BCUT2D eigenvalue weighted by molar-refractivity contribution is 5.98. The summed E-state index contributed by atoms with van der Waals surface area (Å²) in [7, 11) is 2.12. The van der Waals surface area contributed by atoms with E-state index < -0.39 is 0 Å². The van der Waals surface area contributed by atoms with Crippen LogP contribution in [-0.4, -0.2) is 69.1 Å². The topological polar surface area (TPSA) is 88.0 Å². The number of anilines is 1. The first-order chi connectivity index (χ1) is 16.0. The highest BCUT2D eigenvalue weighted by Gasteiger charge is 2.17. The summed E-state index contributed by atoms with van der Waals surface area (Å²) in [5.74, 6) is 1.59. The minimum absolute atomic E-state index is 0.00418. The maximum atomic E-state index is 13.0. The van der Waals surface area contributed by atoms with Gasteiger partial charge >= 0.3 is 0 Å². The van der Waals surface area contributed by atoms with Crippen LogP contribution in [0, 0.1) is 6.92 Å². The van der Waals surface area contributed by atoms with Gasteiger partial charge in [0.1, 0.15) is 11.6 Å². The maximum Gasteiger partial charge on any atom is 0.169 e. The van der Waals surface area contributed by atoms with Crippen molar-refractivity contribution in [2.45, 2.75) is 13.3 Å². The van der Waals surface area contributed by atoms with E-state index in [9.17, 15) is 4.79 Å². The molecule has 5 rings (SSSR count). The third-order valence-corrected chi connectivity index (χ3v) is 5.99. The molecule has 1 aliphatic rings. The monoisotopic (exact) mass is 439 g/mol. The molecular formula is C25H25N7O. The highest BCUT2D eigenvalue weighted by Crippen LogP contribution is 2.23. The van der Waals surface area contributed by atoms with E-state index in [1.54, 1.807) is 12.3 Å². The van der Waals surface area contributed by atoms with Crippen molar-refractivity contribution in [1.29, 1.82) is 0 Å². The Morgan fingerprint density at radius 1 is 0.909 bits per heavy atom. The molecule has 8 heteroatoms. The number of benzene rings is 1. The van der Waals surface area contributed by atoms with Gasteiger partial charge < -0.3 is 9.80 Å². The van der Waals surface area contributed by atoms with Gasteiger partial charge in [-0.15, -0.1) is 0 Å². The second kappa shape index (κ2) is 8.99. The molecule has 4 heterocycles. The molecule has 0 N–H and O–H groups in total. The first-order valence-electron chi connectivity index (χ1n) is 11.0. The second-order valence-corrected chi connectivity index (χ2v) is 8.42. The van der Waals surface area contributed by atoms with E-state index in [-0.39, 0.29) is 12.2 Å². The second-order valence-electron chi connectivity index (χ2n) is 8.42. The summed E-state index contributed by atoms with van der Waals surface area (Å²) in [6.45, 7) is 5.66. The van der Waals surface area contributed by atoms with E-state index in [4.69, 9.17) is 0 Å². The van der Waals surface area contributed by atoms with Gasteiger partial charge in [0.25, 0.3) is 0 Å². The third-order valence-electron chi connectivity index (χ3n) is 5.99. The number of carbonyl (C=O) groups excluding carboxylic acids is 1. The van der Waals surface area contributed by atoms with Gasteiger partial charge in [0.2, 0.25) is 0 Å². The molecule has 0 saturated carbocycles. The Bertz CT molecular complexity index is 1300. The number of fused-ring (bicyclic) bond motifs is 1. The predicted molar refractivity (Wildman–Crippen MR) is 127 cm³/mol. The molecule has 0 spiro atoms. The molecule has 0 radical (unpaired) electrons. The Morgan fingerprint density at radius 3 is 2.48 bits per heavy atom. The number of carbonyl (C=O) groups is 1. The Morgan fingerprint density at radius 2 is 1.70 bits per heavy atom. The van der Waals surface area contributed by atoms with Crippen molar-refractivity contribution in [2.75, 3.05) is 38.1 Å². The smallest absolute Gasteiger partial charge is 0.169 e. The average Bonchev–Trinajstić information content (AvgIpc) is 2.84. The molecule has 33 heavy (non-hydrogen) atoms. The molecule has 1 aromatic carbocycles. The van der Waals surface area contributed by atoms with Crippen molar-refractivity contribution in [1.82, 2.24) is 30.0 Å². The zero-order valence-corrected chi connectivity index (χ0v) is 18.8. The minimum atomic E-state index is 0.00418. The van der Waals surface area contributed by atoms with Crippen LogP contribution in [0.15, 0.2) is 55.0 Å². The number of pyridine rings is 1. The van der Waals surface area contributed by atoms with Crippen LogP contribution >= 0.6 is 0 Å². The zero-order valence-electron chi connectivity index (χ0n) is 18.8. The lowest BCUT2D eigenvalue weighted by Gasteiger charge is -2.33. The average molecular weight is 440 g/mol. The number of piperazine rings is 1. The molecule has 0 amide bonds. The van der Waals surface area contributed by atoms with Crippen molar-refractivity contribution in [3.63, 3.8) is 0 Å². The lowest BCUT2D eigenvalue weighted by Crippen LogP contribution is -2.44. The summed E-state index contributed by atoms with van der Waals surface area (Å²) >= 11 is 0. The molecule has 1 aliphatic heterocycles. The number of aryl methyl sites for hydroxylation is 1. The molecule has 166 valence electrons. The molecule has 4 aromatic rings. The zero-order chi connectivity index (χ0) is 22.8. The van der Waals surface area contributed by atoms with E-state index >= 15 is 0 Å². The van der Waals surface area contributed by atoms with Crippen LogP contribution in [0.1, 0.15) is 21.9 Å². The van der Waals surface area contributed by atoms with Gasteiger partial charge in [-0.25, -0.2) is 15.0 Å². The number of hydrogen-bond donors (Lipinski definition) is 0. The van der Waals surface area contributed by atoms with Gasteiger partial charge in [-0.1, -0.05) is 6.07 Å². The number of Topliss-reactive ketones (excluding diaryl/α,β-unsaturated/α-hetero) is 1. The van der Waals surface area contributed by atoms with Crippen molar-refractivity contribution in [3.8, 4) is 11.1 Å². The van der Waals surface area contributed by atoms with E-state index in [0.29, 0.717) is 11.3 Å². The Labute approximate surface area is 192 Å². The van der Waals surface area contributed by atoms with Crippen LogP contribution < -0.4 is 4.90 Å². The first kappa shape index (κ1) is 21.1. The SMILES string of the molecule is Cc1ncc(-c2ccc3nnc(CC(=O)c4ccnc(N5CCN(C)CC5)c4)cc3c2)cn1. The summed E-state index contributed by atoms with van der Waals surface area (Å²) < 4.78 is 0. The van der Waals surface area contributed by atoms with Crippen LogP contribution in [0.3, 0.4) is 0 Å². The standard InChI is InChI=1S/C25H25N7O/c1-17-27-15-21(16-28-17)18-3-4-23-20(11-18)12-22(29-30-23)14-24(33)19-5-6-26-25(13-19)32-9-7-31(2)8-10-32/h3-6,11-13,15-16H,7-10,14H2,1-2H3. The molecule has 0 aliphatic carbocycles. The third kappa shape index (κ3) is 4.70. The fourth-order valence-corrected chi connectivity index (χ4v) is 3.96. The van der Waals surface area contributed by atoms with Gasteiger partial charge in [0.05, 0.1) is 17.6 Å². The minimum Gasteiger partial charge on any atom is -0.354 e.